The molecule has 6 heteroatoms. The molecule has 2 heterocycles. The van der Waals surface area contributed by atoms with Gasteiger partial charge in [-0.3, -0.25) is 14.6 Å². The quantitative estimate of drug-likeness (QED) is 0.596. The van der Waals surface area contributed by atoms with Crippen LogP contribution in [-0.2, 0) is 26.7 Å². The molecule has 0 spiro atoms. The molecule has 0 saturated heterocycles. The summed E-state index contributed by atoms with van der Waals surface area (Å²) in [5.74, 6) is 1.28. The molecule has 19 heavy (non-hydrogen) atoms. The summed E-state index contributed by atoms with van der Waals surface area (Å²) in [6.07, 6.45) is 3.00. The van der Waals surface area contributed by atoms with Gasteiger partial charge in [-0.15, -0.1) is 12.1 Å². The molecule has 0 aliphatic rings. The number of rotatable bonds is 3. The van der Waals surface area contributed by atoms with Crippen LogP contribution in [0.2, 0.25) is 0 Å². The van der Waals surface area contributed by atoms with Crippen molar-refractivity contribution in [1.29, 1.82) is 0 Å². The molecule has 3 aromatic rings. The van der Waals surface area contributed by atoms with Crippen LogP contribution in [0.1, 0.15) is 13.8 Å². The van der Waals surface area contributed by atoms with E-state index in [1.165, 1.54) is 6.39 Å². The van der Waals surface area contributed by atoms with Crippen molar-refractivity contribution < 1.29 is 24.5 Å². The number of hydrogen-bond acceptors (Lipinski definition) is 4. The fraction of sp³-hybridized carbons (Fsp3) is 0.308. The number of nitrogens with zero attached hydrogens (tertiary/aromatic N) is 4. The number of benzene rings is 1. The predicted octanol–water partition coefficient (Wildman–Crippen LogP) is 2.54. The van der Waals surface area contributed by atoms with Crippen molar-refractivity contribution in [3.05, 3.63) is 30.9 Å². The van der Waals surface area contributed by atoms with Gasteiger partial charge in [0.05, 0.1) is 11.4 Å². The third-order valence-corrected chi connectivity index (χ3v) is 2.67. The van der Waals surface area contributed by atoms with Gasteiger partial charge >= 0.3 is 0 Å². The van der Waals surface area contributed by atoms with E-state index in [2.05, 4.69) is 35.0 Å². The average molecular weight is 433 g/mol. The molecule has 0 aliphatic carbocycles. The van der Waals surface area contributed by atoms with Crippen LogP contribution in [0.15, 0.2) is 29.3 Å². The molecule has 0 saturated carbocycles. The maximum absolute atomic E-state index is 5.29. The molecule has 3 rings (SSSR count). The molecule has 1 radical (unpaired) electrons. The van der Waals surface area contributed by atoms with Gasteiger partial charge in [0, 0.05) is 32.2 Å². The summed E-state index contributed by atoms with van der Waals surface area (Å²) in [6.45, 7) is 5.11. The first kappa shape index (κ1) is 13.9. The molecule has 0 unspecified atom stereocenters. The minimum atomic E-state index is 0. The minimum absolute atomic E-state index is 0. The van der Waals surface area contributed by atoms with Gasteiger partial charge in [0.15, 0.2) is 6.39 Å². The van der Waals surface area contributed by atoms with Crippen molar-refractivity contribution in [2.75, 3.05) is 0 Å². The Bertz CT molecular complexity index is 674. The van der Waals surface area contributed by atoms with E-state index in [1.54, 1.807) is 6.33 Å². The molecule has 1 aromatic carbocycles. The van der Waals surface area contributed by atoms with Crippen LogP contribution in [0, 0.1) is 12.0 Å². The maximum atomic E-state index is 5.29. The van der Waals surface area contributed by atoms with Crippen LogP contribution in [0.3, 0.4) is 0 Å². The van der Waals surface area contributed by atoms with E-state index in [0.717, 1.165) is 29.0 Å². The number of aromatic nitrogens is 4. The molecule has 5 nitrogen and oxygen atoms in total. The Morgan fingerprint density at radius 2 is 2.21 bits per heavy atom. The van der Waals surface area contributed by atoms with Crippen molar-refractivity contribution in [2.24, 2.45) is 5.92 Å². The summed E-state index contributed by atoms with van der Waals surface area (Å²) in [5.41, 5.74) is 2.35. The van der Waals surface area contributed by atoms with E-state index >= 15 is 0 Å². The fourth-order valence-electron chi connectivity index (χ4n) is 1.94. The van der Waals surface area contributed by atoms with Gasteiger partial charge in [-0.05, 0) is 5.92 Å². The van der Waals surface area contributed by atoms with E-state index in [9.17, 15) is 0 Å². The van der Waals surface area contributed by atoms with Crippen molar-refractivity contribution in [3.63, 3.8) is 0 Å². The van der Waals surface area contributed by atoms with Gasteiger partial charge < -0.3 is 4.42 Å². The van der Waals surface area contributed by atoms with Crippen LogP contribution < -0.4 is 0 Å². The first-order valence-corrected chi connectivity index (χ1v) is 5.88. The first-order chi connectivity index (χ1) is 8.75. The Morgan fingerprint density at radius 1 is 1.37 bits per heavy atom. The Balaban J connectivity index is 0.00000133. The normalized spacial score (nSPS) is 10.9. The Hall–Kier alpha value is -1.52. The third-order valence-electron chi connectivity index (χ3n) is 2.67. The second kappa shape index (κ2) is 5.63. The first-order valence-electron chi connectivity index (χ1n) is 5.88. The zero-order valence-corrected chi connectivity index (χ0v) is 13.0. The fourth-order valence-corrected chi connectivity index (χ4v) is 1.94. The molecule has 0 amide bonds. The van der Waals surface area contributed by atoms with E-state index in [-0.39, 0.29) is 20.1 Å². The third kappa shape index (κ3) is 2.60. The van der Waals surface area contributed by atoms with Crippen molar-refractivity contribution in [1.82, 2.24) is 19.7 Å². The molecular formula is C13H13IrN4O-. The predicted molar refractivity (Wildman–Crippen MR) is 66.7 cm³/mol. The molecular weight excluding hydrogens is 420 g/mol. The molecule has 2 aromatic heterocycles. The summed E-state index contributed by atoms with van der Waals surface area (Å²) in [4.78, 5) is 8.52. The molecule has 0 aliphatic heterocycles. The average Bonchev–Trinajstić information content (AvgIpc) is 2.95. The zero-order chi connectivity index (χ0) is 12.5. The monoisotopic (exact) mass is 434 g/mol. The van der Waals surface area contributed by atoms with Gasteiger partial charge in [-0.25, -0.2) is 0 Å². The standard InChI is InChI=1S/C13H13N4O.Ir/c1-9(2)6-17-13(14-7-16-17)10-4-3-5-11-12(10)15-8-18-11;/h3,5,7-9H,6H2,1-2H3;/q-1;. The topological polar surface area (TPSA) is 56.7 Å². The second-order valence-corrected chi connectivity index (χ2v) is 4.58. The van der Waals surface area contributed by atoms with Gasteiger partial charge in [-0.1, -0.05) is 25.5 Å². The van der Waals surface area contributed by atoms with E-state index in [4.69, 9.17) is 4.42 Å². The molecule has 0 fully saturated rings. The van der Waals surface area contributed by atoms with E-state index in [0.29, 0.717) is 5.92 Å². The van der Waals surface area contributed by atoms with Crippen LogP contribution in [0.5, 0.6) is 0 Å². The summed E-state index contributed by atoms with van der Waals surface area (Å²) >= 11 is 0. The number of fused-ring (bicyclic) bond motifs is 1. The van der Waals surface area contributed by atoms with E-state index < -0.39 is 0 Å². The van der Waals surface area contributed by atoms with Gasteiger partial charge in [0.25, 0.3) is 0 Å². The molecule has 101 valence electrons. The van der Waals surface area contributed by atoms with Crippen molar-refractivity contribution in [2.45, 2.75) is 20.4 Å². The minimum Gasteiger partial charge on any atom is -0.464 e. The van der Waals surface area contributed by atoms with Crippen LogP contribution in [0.4, 0.5) is 0 Å². The SMILES string of the molecule is CC(C)Cn1ncnc1-c1[c-]ccc2ocnc12.[Ir]. The molecule has 0 atom stereocenters. The summed E-state index contributed by atoms with van der Waals surface area (Å²) < 4.78 is 7.17. The summed E-state index contributed by atoms with van der Waals surface area (Å²) in [5, 5.41) is 4.25. The van der Waals surface area contributed by atoms with Crippen LogP contribution >= 0.6 is 0 Å². The van der Waals surface area contributed by atoms with Crippen LogP contribution in [-0.4, -0.2) is 19.7 Å². The number of oxazole rings is 1. The van der Waals surface area contributed by atoms with Gasteiger partial charge in [0.2, 0.25) is 0 Å². The molecule has 0 N–H and O–H groups in total. The number of hydrogen-bond donors (Lipinski definition) is 0. The van der Waals surface area contributed by atoms with Crippen molar-refractivity contribution in [3.8, 4) is 11.4 Å². The van der Waals surface area contributed by atoms with Gasteiger partial charge in [0.1, 0.15) is 6.33 Å². The second-order valence-electron chi connectivity index (χ2n) is 4.58. The largest absolute Gasteiger partial charge is 0.464 e. The molecule has 0 bridgehead atoms. The summed E-state index contributed by atoms with van der Waals surface area (Å²) in [7, 11) is 0. The van der Waals surface area contributed by atoms with Crippen LogP contribution in [0.25, 0.3) is 22.5 Å². The smallest absolute Gasteiger partial charge is 0.170 e. The Labute approximate surface area is 124 Å². The van der Waals surface area contributed by atoms with E-state index in [1.807, 2.05) is 16.8 Å². The van der Waals surface area contributed by atoms with Gasteiger partial charge in [-0.2, -0.15) is 5.10 Å². The van der Waals surface area contributed by atoms with Crippen molar-refractivity contribution >= 4 is 11.1 Å². The maximum Gasteiger partial charge on any atom is 0.170 e. The zero-order valence-electron chi connectivity index (χ0n) is 10.6. The Kier molecular flexibility index (Phi) is 4.12. The Morgan fingerprint density at radius 3 is 3.00 bits per heavy atom. The summed E-state index contributed by atoms with van der Waals surface area (Å²) in [6, 6.07) is 6.83.